The zero-order valence-electron chi connectivity index (χ0n) is 16.8. The molecule has 0 aromatic rings. The van der Waals surface area contributed by atoms with Gasteiger partial charge in [0.2, 0.25) is 5.91 Å². The van der Waals surface area contributed by atoms with E-state index in [9.17, 15) is 19.8 Å². The first-order chi connectivity index (χ1) is 13.3. The first kappa shape index (κ1) is 20.2. The van der Waals surface area contributed by atoms with Gasteiger partial charge in [0.25, 0.3) is 0 Å². The molecule has 28 heavy (non-hydrogen) atoms. The normalized spacial score (nSPS) is 39.4. The monoisotopic (exact) mass is 409 g/mol. The summed E-state index contributed by atoms with van der Waals surface area (Å²) in [5.74, 6) is -1.16. The molecule has 0 aromatic heterocycles. The fraction of sp³-hybridized carbons (Fsp3) is 0.800. The van der Waals surface area contributed by atoms with Gasteiger partial charge >= 0.3 is 5.97 Å². The molecule has 0 aliphatic carbocycles. The standard InChI is InChI=1S/C20H31N3O4S/c1-4-22-6-5-12(9-22)14-7-13(8-21-14)28-18-10(2)16-15(11(3)24)19(25)23(16)17(18)20(26)27/h10-16,21,24H,4-9H2,1-3H3,(H,26,27)/t10-,11-,12+,13+,14+,15-,16-/m1/s1. The van der Waals surface area contributed by atoms with Gasteiger partial charge in [-0.25, -0.2) is 4.79 Å². The van der Waals surface area contributed by atoms with Crippen LogP contribution in [0.5, 0.6) is 0 Å². The van der Waals surface area contributed by atoms with Crippen LogP contribution in [0.4, 0.5) is 0 Å². The number of nitrogens with one attached hydrogen (secondary N) is 1. The molecule has 1 amide bonds. The van der Waals surface area contributed by atoms with E-state index in [-0.39, 0.29) is 23.6 Å². The maximum absolute atomic E-state index is 12.5. The van der Waals surface area contributed by atoms with Crippen LogP contribution in [0.2, 0.25) is 0 Å². The van der Waals surface area contributed by atoms with Crippen LogP contribution >= 0.6 is 11.8 Å². The number of nitrogens with zero attached hydrogens (tertiary/aromatic N) is 2. The van der Waals surface area contributed by atoms with Crippen molar-refractivity contribution in [3.8, 4) is 0 Å². The van der Waals surface area contributed by atoms with Gasteiger partial charge in [-0.2, -0.15) is 0 Å². The van der Waals surface area contributed by atoms with Gasteiger partial charge in [0, 0.05) is 35.2 Å². The van der Waals surface area contributed by atoms with E-state index in [4.69, 9.17) is 0 Å². The number of fused-ring (bicyclic) bond motifs is 1. The lowest BCUT2D eigenvalue weighted by molar-refractivity contribution is -0.163. The van der Waals surface area contributed by atoms with E-state index in [0.717, 1.165) is 31.0 Å². The van der Waals surface area contributed by atoms with Crippen LogP contribution in [0, 0.1) is 17.8 Å². The van der Waals surface area contributed by atoms with Crippen molar-refractivity contribution >= 4 is 23.6 Å². The minimum Gasteiger partial charge on any atom is -0.477 e. The summed E-state index contributed by atoms with van der Waals surface area (Å²) in [4.78, 5) is 29.1. The molecule has 0 unspecified atom stereocenters. The van der Waals surface area contributed by atoms with Gasteiger partial charge in [0.05, 0.1) is 18.1 Å². The largest absolute Gasteiger partial charge is 0.477 e. The number of carbonyl (C=O) groups excluding carboxylic acids is 1. The quantitative estimate of drug-likeness (QED) is 0.562. The Morgan fingerprint density at radius 2 is 2.18 bits per heavy atom. The number of carboxylic acid groups (broad SMARTS) is 1. The zero-order chi connectivity index (χ0) is 20.2. The molecule has 0 saturated carbocycles. The maximum atomic E-state index is 12.5. The third-order valence-electron chi connectivity index (χ3n) is 7.05. The van der Waals surface area contributed by atoms with E-state index in [1.54, 1.807) is 18.7 Å². The SMILES string of the molecule is CCN1CC[C@H]([C@@H]2C[C@H](SC3=C(C(=O)O)N4C(=O)[C@H]([C@@H](C)O)[C@H]4[C@H]3C)CN2)C1. The molecule has 7 nitrogen and oxygen atoms in total. The molecule has 3 saturated heterocycles. The van der Waals surface area contributed by atoms with Gasteiger partial charge < -0.3 is 25.3 Å². The first-order valence-electron chi connectivity index (χ1n) is 10.4. The maximum Gasteiger partial charge on any atom is 0.353 e. The summed E-state index contributed by atoms with van der Waals surface area (Å²) in [6.45, 7) is 10.1. The molecule has 4 rings (SSSR count). The van der Waals surface area contributed by atoms with Crippen molar-refractivity contribution in [3.05, 3.63) is 10.6 Å². The topological polar surface area (TPSA) is 93.1 Å². The fourth-order valence-corrected chi connectivity index (χ4v) is 7.01. The molecule has 7 atom stereocenters. The van der Waals surface area contributed by atoms with Crippen LogP contribution in [0.1, 0.15) is 33.6 Å². The van der Waals surface area contributed by atoms with Gasteiger partial charge in [-0.05, 0) is 38.8 Å². The van der Waals surface area contributed by atoms with E-state index in [2.05, 4.69) is 17.1 Å². The predicted octanol–water partition coefficient (Wildman–Crippen LogP) is 0.946. The Morgan fingerprint density at radius 1 is 1.43 bits per heavy atom. The van der Waals surface area contributed by atoms with Gasteiger partial charge in [-0.15, -0.1) is 11.8 Å². The molecule has 3 N–H and O–H groups in total. The average Bonchev–Trinajstić information content (AvgIpc) is 3.33. The van der Waals surface area contributed by atoms with E-state index in [0.29, 0.717) is 17.2 Å². The summed E-state index contributed by atoms with van der Waals surface area (Å²) in [6.07, 6.45) is 1.51. The molecule has 4 aliphatic heterocycles. The Bertz CT molecular complexity index is 697. The number of carbonyl (C=O) groups is 2. The molecule has 4 aliphatic rings. The summed E-state index contributed by atoms with van der Waals surface area (Å²) in [6, 6.07) is 0.266. The van der Waals surface area contributed by atoms with Crippen LogP contribution in [0.25, 0.3) is 0 Å². The molecule has 0 bridgehead atoms. The second-order valence-electron chi connectivity index (χ2n) is 8.70. The van der Waals surface area contributed by atoms with E-state index < -0.39 is 18.0 Å². The number of β-lactam (4-membered cyclic amide) rings is 1. The average molecular weight is 410 g/mol. The van der Waals surface area contributed by atoms with Gasteiger partial charge in [0.1, 0.15) is 5.70 Å². The molecule has 156 valence electrons. The minimum atomic E-state index is -1.04. The number of hydrogen-bond donors (Lipinski definition) is 3. The highest BCUT2D eigenvalue weighted by Gasteiger charge is 2.60. The molecule has 4 heterocycles. The van der Waals surface area contributed by atoms with Crippen LogP contribution in [0.3, 0.4) is 0 Å². The Balaban J connectivity index is 1.46. The Kier molecular flexibility index (Phi) is 5.50. The van der Waals surface area contributed by atoms with Crippen molar-refractivity contribution in [3.63, 3.8) is 0 Å². The van der Waals surface area contributed by atoms with Crippen LogP contribution in [-0.4, -0.2) is 81.5 Å². The summed E-state index contributed by atoms with van der Waals surface area (Å²) >= 11 is 1.64. The number of likely N-dealkylation sites (tertiary alicyclic amines) is 1. The summed E-state index contributed by atoms with van der Waals surface area (Å²) in [5, 5.41) is 23.7. The molecule has 0 radical (unpaired) electrons. The Hall–Kier alpha value is -1.09. The molecular formula is C20H31N3O4S. The number of carboxylic acids is 1. The predicted molar refractivity (Wildman–Crippen MR) is 108 cm³/mol. The smallest absolute Gasteiger partial charge is 0.353 e. The highest BCUT2D eigenvalue weighted by molar-refractivity contribution is 8.03. The summed E-state index contributed by atoms with van der Waals surface area (Å²) in [7, 11) is 0. The highest BCUT2D eigenvalue weighted by Crippen LogP contribution is 2.52. The number of thioether (sulfide) groups is 1. The van der Waals surface area contributed by atoms with Crippen LogP contribution in [0.15, 0.2) is 10.6 Å². The van der Waals surface area contributed by atoms with E-state index in [1.165, 1.54) is 17.9 Å². The van der Waals surface area contributed by atoms with Crippen molar-refractivity contribution in [1.82, 2.24) is 15.1 Å². The van der Waals surface area contributed by atoms with Gasteiger partial charge in [-0.3, -0.25) is 4.79 Å². The number of aliphatic hydroxyl groups excluding tert-OH is 1. The van der Waals surface area contributed by atoms with Crippen molar-refractivity contribution in [2.75, 3.05) is 26.2 Å². The summed E-state index contributed by atoms with van der Waals surface area (Å²) in [5.41, 5.74) is 0.144. The minimum absolute atomic E-state index is 0.0467. The molecular weight excluding hydrogens is 378 g/mol. The second kappa shape index (κ2) is 7.63. The summed E-state index contributed by atoms with van der Waals surface area (Å²) < 4.78 is 0. The van der Waals surface area contributed by atoms with Crippen molar-refractivity contribution in [2.24, 2.45) is 17.8 Å². The molecule has 0 aromatic carbocycles. The lowest BCUT2D eigenvalue weighted by Gasteiger charge is -2.46. The van der Waals surface area contributed by atoms with Crippen molar-refractivity contribution in [2.45, 2.75) is 57.1 Å². The number of aliphatic carboxylic acids is 1. The van der Waals surface area contributed by atoms with E-state index in [1.807, 2.05) is 6.92 Å². The number of rotatable bonds is 6. The van der Waals surface area contributed by atoms with Gasteiger partial charge in [-0.1, -0.05) is 13.8 Å². The Morgan fingerprint density at radius 3 is 2.79 bits per heavy atom. The third-order valence-corrected chi connectivity index (χ3v) is 8.57. The van der Waals surface area contributed by atoms with Crippen LogP contribution in [-0.2, 0) is 9.59 Å². The zero-order valence-corrected chi connectivity index (χ0v) is 17.6. The number of amides is 1. The lowest BCUT2D eigenvalue weighted by atomic mass is 9.79. The Labute approximate surface area is 170 Å². The molecule has 0 spiro atoms. The van der Waals surface area contributed by atoms with Crippen molar-refractivity contribution in [1.29, 1.82) is 0 Å². The lowest BCUT2D eigenvalue weighted by Crippen LogP contribution is -2.63. The fourth-order valence-electron chi connectivity index (χ4n) is 5.52. The third kappa shape index (κ3) is 3.18. The van der Waals surface area contributed by atoms with Crippen LogP contribution < -0.4 is 5.32 Å². The second-order valence-corrected chi connectivity index (χ2v) is 10.0. The first-order valence-corrected chi connectivity index (χ1v) is 11.3. The number of aliphatic hydroxyl groups is 1. The number of hydrogen-bond acceptors (Lipinski definition) is 6. The van der Waals surface area contributed by atoms with E-state index >= 15 is 0 Å². The highest BCUT2D eigenvalue weighted by atomic mass is 32.2. The van der Waals surface area contributed by atoms with Gasteiger partial charge in [0.15, 0.2) is 0 Å². The van der Waals surface area contributed by atoms with Crippen molar-refractivity contribution < 1.29 is 19.8 Å². The molecule has 3 fully saturated rings. The molecule has 8 heteroatoms.